The Morgan fingerprint density at radius 1 is 1.53 bits per heavy atom. The predicted octanol–water partition coefficient (Wildman–Crippen LogP) is 1.18. The maximum atomic E-state index is 11.9. The third-order valence-corrected chi connectivity index (χ3v) is 5.54. The summed E-state index contributed by atoms with van der Waals surface area (Å²) in [5.41, 5.74) is 0. The minimum atomic E-state index is -3.71. The molecule has 0 atom stereocenters. The zero-order valence-electron chi connectivity index (χ0n) is 9.09. The van der Waals surface area contributed by atoms with Gasteiger partial charge in [-0.2, -0.15) is 0 Å². The van der Waals surface area contributed by atoms with Gasteiger partial charge >= 0.3 is 0 Å². The Balaban J connectivity index is 2.89. The Hall–Kier alpha value is -0.440. The molecule has 1 aromatic rings. The highest BCUT2D eigenvalue weighted by molar-refractivity contribution is 9.11. The molecule has 0 saturated carbocycles. The van der Waals surface area contributed by atoms with Gasteiger partial charge in [-0.1, -0.05) is 0 Å². The molecule has 1 heterocycles. The summed E-state index contributed by atoms with van der Waals surface area (Å²) >= 11 is 4.54. The zero-order chi connectivity index (χ0) is 13.1. The van der Waals surface area contributed by atoms with E-state index in [0.717, 1.165) is 10.7 Å². The average Bonchev–Trinajstić information content (AvgIpc) is 2.58. The van der Waals surface area contributed by atoms with Gasteiger partial charge in [-0.3, -0.25) is 4.79 Å². The second-order valence-electron chi connectivity index (χ2n) is 3.28. The molecular formula is C9H12BrNO4S2. The summed E-state index contributed by atoms with van der Waals surface area (Å²) in [6.07, 6.45) is 0. The molecule has 1 rings (SSSR count). The molecule has 0 spiro atoms. The number of aliphatic hydroxyl groups excluding tert-OH is 1. The number of sulfonamides is 1. The number of hydrogen-bond donors (Lipinski definition) is 1. The summed E-state index contributed by atoms with van der Waals surface area (Å²) in [4.78, 5) is 11.8. The lowest BCUT2D eigenvalue weighted by Gasteiger charge is -2.19. The van der Waals surface area contributed by atoms with Gasteiger partial charge in [0, 0.05) is 11.8 Å². The van der Waals surface area contributed by atoms with Crippen LogP contribution in [0.1, 0.15) is 11.8 Å². The predicted molar refractivity (Wildman–Crippen MR) is 69.1 cm³/mol. The highest BCUT2D eigenvalue weighted by Crippen LogP contribution is 2.24. The van der Waals surface area contributed by atoms with Crippen LogP contribution in [0.4, 0.5) is 0 Å². The van der Waals surface area contributed by atoms with Crippen molar-refractivity contribution in [1.29, 1.82) is 0 Å². The lowest BCUT2D eigenvalue weighted by Crippen LogP contribution is -2.38. The van der Waals surface area contributed by atoms with Gasteiger partial charge in [0.1, 0.15) is 5.75 Å². The molecule has 1 aromatic heterocycles. The monoisotopic (exact) mass is 341 g/mol. The van der Waals surface area contributed by atoms with Crippen LogP contribution in [0.2, 0.25) is 0 Å². The molecule has 17 heavy (non-hydrogen) atoms. The summed E-state index contributed by atoms with van der Waals surface area (Å²) < 4.78 is 25.4. The minimum absolute atomic E-state index is 0.204. The molecule has 1 N–H and O–H groups in total. The van der Waals surface area contributed by atoms with Crippen LogP contribution in [0, 0.1) is 0 Å². The average molecular weight is 342 g/mol. The first-order valence-electron chi connectivity index (χ1n) is 4.73. The van der Waals surface area contributed by atoms with Crippen molar-refractivity contribution in [3.63, 3.8) is 0 Å². The smallest absolute Gasteiger partial charge is 0.242 e. The molecule has 96 valence electrons. The van der Waals surface area contributed by atoms with E-state index in [-0.39, 0.29) is 18.9 Å². The first-order valence-corrected chi connectivity index (χ1v) is 7.94. The van der Waals surface area contributed by atoms with E-state index in [4.69, 9.17) is 5.11 Å². The minimum Gasteiger partial charge on any atom is -0.394 e. The number of carbonyl (C=O) groups is 1. The Kier molecular flexibility index (Phi) is 5.11. The van der Waals surface area contributed by atoms with Gasteiger partial charge in [-0.25, -0.2) is 12.7 Å². The number of aliphatic hydroxyl groups is 1. The molecule has 5 nitrogen and oxygen atoms in total. The number of thiophene rings is 1. The fourth-order valence-corrected chi connectivity index (χ4v) is 4.59. The summed E-state index contributed by atoms with van der Waals surface area (Å²) in [6.45, 7) is 0.578. The van der Waals surface area contributed by atoms with Crippen LogP contribution in [-0.2, 0) is 20.6 Å². The van der Waals surface area contributed by atoms with E-state index < -0.39 is 15.9 Å². The molecule has 0 aromatic carbocycles. The molecule has 0 aliphatic heterocycles. The maximum Gasteiger partial charge on any atom is 0.242 e. The molecule has 1 amide bonds. The van der Waals surface area contributed by atoms with Crippen molar-refractivity contribution in [2.45, 2.75) is 12.7 Å². The largest absolute Gasteiger partial charge is 0.394 e. The summed E-state index contributed by atoms with van der Waals surface area (Å²) in [5.74, 6) is -0.822. The standard InChI is InChI=1S/C9H12BrNO4S2/c1-7(13)11(4-5-12)17(14,15)6-8-2-3-9(10)16-8/h2-3,12H,4-6H2,1H3. The molecule has 0 fully saturated rings. The van der Waals surface area contributed by atoms with Crippen LogP contribution in [0.25, 0.3) is 0 Å². The van der Waals surface area contributed by atoms with Gasteiger partial charge in [-0.05, 0) is 28.1 Å². The second-order valence-corrected chi connectivity index (χ2v) is 7.72. The number of carbonyl (C=O) groups excluding carboxylic acids is 1. The van der Waals surface area contributed by atoms with E-state index in [0.29, 0.717) is 9.18 Å². The quantitative estimate of drug-likeness (QED) is 0.872. The van der Waals surface area contributed by atoms with E-state index in [2.05, 4.69) is 15.9 Å². The summed E-state index contributed by atoms with van der Waals surface area (Å²) in [6, 6.07) is 3.43. The van der Waals surface area contributed by atoms with Crippen LogP contribution in [-0.4, -0.2) is 36.9 Å². The SMILES string of the molecule is CC(=O)N(CCO)S(=O)(=O)Cc1ccc(Br)s1. The van der Waals surface area contributed by atoms with Gasteiger partial charge in [0.05, 0.1) is 16.9 Å². The molecule has 0 aliphatic carbocycles. The van der Waals surface area contributed by atoms with E-state index in [1.54, 1.807) is 12.1 Å². The van der Waals surface area contributed by atoms with Crippen molar-refractivity contribution in [2.75, 3.05) is 13.2 Å². The van der Waals surface area contributed by atoms with E-state index in [1.165, 1.54) is 11.3 Å². The van der Waals surface area contributed by atoms with Crippen LogP contribution in [0.3, 0.4) is 0 Å². The number of hydrogen-bond acceptors (Lipinski definition) is 5. The fourth-order valence-electron chi connectivity index (χ4n) is 1.27. The molecule has 0 aliphatic rings. The van der Waals surface area contributed by atoms with Crippen molar-refractivity contribution >= 4 is 43.2 Å². The molecule has 8 heteroatoms. The van der Waals surface area contributed by atoms with Crippen LogP contribution >= 0.6 is 27.3 Å². The topological polar surface area (TPSA) is 74.7 Å². The van der Waals surface area contributed by atoms with Crippen molar-refractivity contribution < 1.29 is 18.3 Å². The van der Waals surface area contributed by atoms with Crippen molar-refractivity contribution in [3.8, 4) is 0 Å². The third-order valence-electron chi connectivity index (χ3n) is 1.94. The molecule has 0 unspecified atom stereocenters. The van der Waals surface area contributed by atoms with Crippen LogP contribution in [0.15, 0.2) is 15.9 Å². The normalized spacial score (nSPS) is 11.5. The van der Waals surface area contributed by atoms with Gasteiger partial charge in [0.15, 0.2) is 0 Å². The van der Waals surface area contributed by atoms with E-state index in [1.807, 2.05) is 0 Å². The lowest BCUT2D eigenvalue weighted by atomic mass is 10.5. The lowest BCUT2D eigenvalue weighted by molar-refractivity contribution is -0.124. The summed E-state index contributed by atoms with van der Waals surface area (Å²) in [5, 5.41) is 8.76. The maximum absolute atomic E-state index is 11.9. The second kappa shape index (κ2) is 5.94. The molecule has 0 radical (unpaired) electrons. The molecule has 0 saturated heterocycles. The first kappa shape index (κ1) is 14.6. The van der Waals surface area contributed by atoms with Gasteiger partial charge in [0.2, 0.25) is 15.9 Å². The Morgan fingerprint density at radius 3 is 2.59 bits per heavy atom. The zero-order valence-corrected chi connectivity index (χ0v) is 12.3. The van der Waals surface area contributed by atoms with E-state index >= 15 is 0 Å². The highest BCUT2D eigenvalue weighted by Gasteiger charge is 2.25. The Morgan fingerprint density at radius 2 is 2.18 bits per heavy atom. The number of amides is 1. The van der Waals surface area contributed by atoms with Crippen LogP contribution < -0.4 is 0 Å². The molecule has 0 bridgehead atoms. The Bertz CT molecular complexity index is 497. The first-order chi connectivity index (χ1) is 7.86. The van der Waals surface area contributed by atoms with Crippen molar-refractivity contribution in [2.24, 2.45) is 0 Å². The summed E-state index contributed by atoms with van der Waals surface area (Å²) in [7, 11) is -3.71. The Labute approximate surface area is 112 Å². The van der Waals surface area contributed by atoms with Gasteiger partial charge < -0.3 is 5.11 Å². The van der Waals surface area contributed by atoms with Crippen LogP contribution in [0.5, 0.6) is 0 Å². The number of rotatable bonds is 5. The number of nitrogens with zero attached hydrogens (tertiary/aromatic N) is 1. The third kappa shape index (κ3) is 4.06. The number of halogens is 1. The van der Waals surface area contributed by atoms with E-state index in [9.17, 15) is 13.2 Å². The van der Waals surface area contributed by atoms with Gasteiger partial charge in [-0.15, -0.1) is 11.3 Å². The van der Waals surface area contributed by atoms with Crippen molar-refractivity contribution in [1.82, 2.24) is 4.31 Å². The molecular weight excluding hydrogens is 330 g/mol. The fraction of sp³-hybridized carbons (Fsp3) is 0.444. The highest BCUT2D eigenvalue weighted by atomic mass is 79.9. The van der Waals surface area contributed by atoms with Crippen molar-refractivity contribution in [3.05, 3.63) is 20.8 Å². The van der Waals surface area contributed by atoms with Gasteiger partial charge in [0.25, 0.3) is 0 Å².